The zero-order valence-electron chi connectivity index (χ0n) is 12.3. The highest BCUT2D eigenvalue weighted by atomic mass is 32.2. The van der Waals surface area contributed by atoms with Crippen molar-refractivity contribution in [3.05, 3.63) is 11.3 Å². The summed E-state index contributed by atoms with van der Waals surface area (Å²) in [5.74, 6) is -0.897. The number of nitrogens with two attached hydrogens (primary N) is 1. The number of methoxy groups -OCH3 is 1. The largest absolute Gasteiger partial charge is 0.477 e. The molecule has 12 heteroatoms. The monoisotopic (exact) mass is 358 g/mol. The first-order valence-corrected chi connectivity index (χ1v) is 8.53. The molecule has 0 aromatic carbocycles. The van der Waals surface area contributed by atoms with Crippen LogP contribution in [0.5, 0.6) is 0 Å². The third-order valence-electron chi connectivity index (χ3n) is 3.64. The Labute approximate surface area is 139 Å². The molecule has 0 bridgehead atoms. The van der Waals surface area contributed by atoms with Gasteiger partial charge in [-0.15, -0.1) is 16.9 Å². The molecule has 3 rings (SSSR count). The van der Waals surface area contributed by atoms with E-state index < -0.39 is 23.0 Å². The molecule has 1 unspecified atom stereocenters. The number of rotatable bonds is 5. The van der Waals surface area contributed by atoms with Gasteiger partial charge in [-0.2, -0.15) is 0 Å². The summed E-state index contributed by atoms with van der Waals surface area (Å²) in [6, 6.07) is 0. The van der Waals surface area contributed by atoms with Gasteiger partial charge in [-0.05, 0) is 16.0 Å². The summed E-state index contributed by atoms with van der Waals surface area (Å²) in [5.41, 5.74) is 5.03. The van der Waals surface area contributed by atoms with Crippen LogP contribution in [0.2, 0.25) is 0 Å². The lowest BCUT2D eigenvalue weighted by molar-refractivity contribution is -0.182. The van der Waals surface area contributed by atoms with E-state index in [9.17, 15) is 14.7 Å². The van der Waals surface area contributed by atoms with Crippen LogP contribution in [0.25, 0.3) is 0 Å². The minimum Gasteiger partial charge on any atom is -0.477 e. The Balaban J connectivity index is 1.85. The van der Waals surface area contributed by atoms with E-state index in [1.165, 1.54) is 40.2 Å². The Morgan fingerprint density at radius 3 is 2.96 bits per heavy atom. The maximum Gasteiger partial charge on any atom is 0.352 e. The molecule has 3 N–H and O–H groups in total. The number of tetrazole rings is 1. The van der Waals surface area contributed by atoms with E-state index in [1.807, 2.05) is 0 Å². The lowest BCUT2D eigenvalue weighted by Crippen LogP contribution is -2.78. The number of nitrogens with zero attached hydrogens (tertiary/aromatic N) is 5. The van der Waals surface area contributed by atoms with Crippen LogP contribution in [0.1, 0.15) is 0 Å². The number of carbonyl (C=O) groups excluding carboxylic acids is 1. The fourth-order valence-corrected chi connectivity index (χ4v) is 4.79. The van der Waals surface area contributed by atoms with Gasteiger partial charge in [-0.1, -0.05) is 11.8 Å². The van der Waals surface area contributed by atoms with Crippen molar-refractivity contribution < 1.29 is 19.4 Å². The number of ether oxygens (including phenoxy) is 1. The Morgan fingerprint density at radius 2 is 2.39 bits per heavy atom. The van der Waals surface area contributed by atoms with E-state index in [1.54, 1.807) is 7.05 Å². The lowest BCUT2D eigenvalue weighted by Gasteiger charge is -2.54. The Morgan fingerprint density at radius 1 is 1.65 bits per heavy atom. The molecule has 0 spiro atoms. The SMILES string of the molecule is COC1(N)C(=O)N2C(C(=O)O)=C(CSc3nnnn3C)CS[C@@H]21. The summed E-state index contributed by atoms with van der Waals surface area (Å²) < 4.78 is 6.56. The molecule has 1 aromatic heterocycles. The lowest BCUT2D eigenvalue weighted by atomic mass is 10.00. The van der Waals surface area contributed by atoms with Crippen LogP contribution in [0.3, 0.4) is 0 Å². The maximum atomic E-state index is 12.2. The number of amides is 1. The first kappa shape index (κ1) is 16.2. The van der Waals surface area contributed by atoms with E-state index in [-0.39, 0.29) is 5.70 Å². The molecule has 23 heavy (non-hydrogen) atoms. The van der Waals surface area contributed by atoms with Gasteiger partial charge in [0.05, 0.1) is 0 Å². The molecule has 1 fully saturated rings. The number of carboxylic acid groups (broad SMARTS) is 1. The second-order valence-electron chi connectivity index (χ2n) is 4.97. The smallest absolute Gasteiger partial charge is 0.352 e. The molecule has 0 aliphatic carbocycles. The molecule has 1 saturated heterocycles. The van der Waals surface area contributed by atoms with Gasteiger partial charge in [-0.25, -0.2) is 9.48 Å². The van der Waals surface area contributed by atoms with Crippen molar-refractivity contribution in [1.82, 2.24) is 25.1 Å². The predicted octanol–water partition coefficient (Wildman–Crippen LogP) is -1.14. The molecule has 2 aliphatic rings. The number of aliphatic carboxylic acids is 1. The van der Waals surface area contributed by atoms with Crippen molar-refractivity contribution in [1.29, 1.82) is 0 Å². The van der Waals surface area contributed by atoms with Crippen molar-refractivity contribution in [2.45, 2.75) is 16.3 Å². The fraction of sp³-hybridized carbons (Fsp3) is 0.545. The second kappa shape index (κ2) is 5.78. The zero-order chi connectivity index (χ0) is 16.8. The van der Waals surface area contributed by atoms with Crippen LogP contribution in [-0.2, 0) is 21.4 Å². The van der Waals surface area contributed by atoms with Crippen LogP contribution < -0.4 is 5.73 Å². The van der Waals surface area contributed by atoms with Gasteiger partial charge >= 0.3 is 5.97 Å². The normalized spacial score (nSPS) is 27.0. The number of hydrogen-bond donors (Lipinski definition) is 2. The van der Waals surface area contributed by atoms with E-state index in [0.717, 1.165) is 0 Å². The third kappa shape index (κ3) is 2.41. The number of β-lactam (4-membered cyclic amide) rings is 1. The number of thioether (sulfide) groups is 2. The first-order chi connectivity index (χ1) is 10.9. The third-order valence-corrected chi connectivity index (χ3v) is 6.13. The Kier molecular flexibility index (Phi) is 4.08. The van der Waals surface area contributed by atoms with Gasteiger partial charge in [0.2, 0.25) is 10.9 Å². The second-order valence-corrected chi connectivity index (χ2v) is 6.98. The number of aryl methyl sites for hydroxylation is 1. The maximum absolute atomic E-state index is 12.2. The molecular formula is C11H14N6O4S2. The van der Waals surface area contributed by atoms with Crippen molar-refractivity contribution in [2.75, 3.05) is 18.6 Å². The molecule has 124 valence electrons. The Hall–Kier alpha value is -1.63. The molecule has 1 amide bonds. The zero-order valence-corrected chi connectivity index (χ0v) is 13.9. The van der Waals surface area contributed by atoms with Crippen molar-refractivity contribution >= 4 is 35.4 Å². The number of carboxylic acids is 1. The number of aromatic nitrogens is 4. The van der Waals surface area contributed by atoms with Gasteiger partial charge in [0, 0.05) is 25.7 Å². The van der Waals surface area contributed by atoms with E-state index >= 15 is 0 Å². The van der Waals surface area contributed by atoms with Gasteiger partial charge in [0.1, 0.15) is 11.1 Å². The number of hydrogen-bond acceptors (Lipinski definition) is 9. The highest BCUT2D eigenvalue weighted by Crippen LogP contribution is 2.45. The highest BCUT2D eigenvalue weighted by Gasteiger charge is 2.63. The minimum atomic E-state index is -1.46. The standard InChI is InChI=1S/C11H14N6O4S2/c1-16-10(13-14-15-16)23-4-5-3-22-9-11(12,21-2)8(20)17(9)6(5)7(18)19/h9H,3-4,12H2,1-2H3,(H,18,19)/t9-,11?/m1/s1. The summed E-state index contributed by atoms with van der Waals surface area (Å²) in [7, 11) is 3.03. The predicted molar refractivity (Wildman–Crippen MR) is 81.2 cm³/mol. The highest BCUT2D eigenvalue weighted by molar-refractivity contribution is 8.01. The summed E-state index contributed by atoms with van der Waals surface area (Å²) in [4.78, 5) is 25.0. The van der Waals surface area contributed by atoms with Gasteiger partial charge in [-0.3, -0.25) is 15.4 Å². The molecule has 2 aliphatic heterocycles. The number of fused-ring (bicyclic) bond motifs is 1. The van der Waals surface area contributed by atoms with Crippen molar-refractivity contribution in [3.63, 3.8) is 0 Å². The molecular weight excluding hydrogens is 344 g/mol. The Bertz CT molecular complexity index is 706. The van der Waals surface area contributed by atoms with E-state index in [2.05, 4.69) is 15.5 Å². The molecule has 10 nitrogen and oxygen atoms in total. The topological polar surface area (TPSA) is 136 Å². The van der Waals surface area contributed by atoms with Gasteiger partial charge in [0.25, 0.3) is 5.91 Å². The molecule has 0 radical (unpaired) electrons. The average molecular weight is 358 g/mol. The number of carbonyl (C=O) groups is 2. The van der Waals surface area contributed by atoms with Crippen LogP contribution in [0.15, 0.2) is 16.4 Å². The summed E-state index contributed by atoms with van der Waals surface area (Å²) in [6.45, 7) is 0. The van der Waals surface area contributed by atoms with Gasteiger partial charge < -0.3 is 9.84 Å². The van der Waals surface area contributed by atoms with E-state index in [0.29, 0.717) is 22.2 Å². The molecule has 2 atom stereocenters. The fourth-order valence-electron chi connectivity index (χ4n) is 2.41. The average Bonchev–Trinajstić information content (AvgIpc) is 2.95. The summed E-state index contributed by atoms with van der Waals surface area (Å²) in [5, 5.41) is 20.6. The van der Waals surface area contributed by atoms with Crippen LogP contribution >= 0.6 is 23.5 Å². The van der Waals surface area contributed by atoms with Crippen molar-refractivity contribution in [3.8, 4) is 0 Å². The molecule has 3 heterocycles. The van der Waals surface area contributed by atoms with Crippen molar-refractivity contribution in [2.24, 2.45) is 12.8 Å². The van der Waals surface area contributed by atoms with Gasteiger partial charge in [0.15, 0.2) is 0 Å². The first-order valence-electron chi connectivity index (χ1n) is 6.50. The van der Waals surface area contributed by atoms with Crippen LogP contribution in [0, 0.1) is 0 Å². The van der Waals surface area contributed by atoms with E-state index in [4.69, 9.17) is 10.5 Å². The quantitative estimate of drug-likeness (QED) is 0.377. The van der Waals surface area contributed by atoms with Crippen LogP contribution in [-0.4, -0.2) is 71.8 Å². The van der Waals surface area contributed by atoms with Crippen LogP contribution in [0.4, 0.5) is 0 Å². The summed E-state index contributed by atoms with van der Waals surface area (Å²) >= 11 is 2.69. The minimum absolute atomic E-state index is 0.0282. The summed E-state index contributed by atoms with van der Waals surface area (Å²) in [6.07, 6.45) is 0. The molecule has 1 aromatic rings. The molecule has 0 saturated carbocycles.